The molecule has 2 aromatic carbocycles. The maximum absolute atomic E-state index is 14.8. The summed E-state index contributed by atoms with van der Waals surface area (Å²) in [6, 6.07) is 0. The Morgan fingerprint density at radius 1 is 0.579 bits per heavy atom. The summed E-state index contributed by atoms with van der Waals surface area (Å²) >= 11 is 3.03. The average Bonchev–Trinajstić information content (AvgIpc) is 2.90. The summed E-state index contributed by atoms with van der Waals surface area (Å²) in [5, 5.41) is 0. The molecule has 0 saturated heterocycles. The number of methoxy groups -OCH3 is 4. The number of nitrogens with zero attached hydrogens (tertiary/aromatic N) is 2. The zero-order valence-corrected chi connectivity index (χ0v) is 27.1. The topological polar surface area (TPSA) is 77.5 Å². The smallest absolute Gasteiger partial charge is 0.179 e. The molecule has 12 heteroatoms. The molecule has 2 aromatic rings. The lowest BCUT2D eigenvalue weighted by atomic mass is 10.1. The van der Waals surface area contributed by atoms with Crippen molar-refractivity contribution in [3.05, 3.63) is 11.1 Å². The first-order valence-electron chi connectivity index (χ1n) is 12.0. The van der Waals surface area contributed by atoms with E-state index < -0.39 is 21.6 Å². The molecule has 212 valence electrons. The Labute approximate surface area is 240 Å². The zero-order valence-electron chi connectivity index (χ0n) is 23.8. The fourth-order valence-corrected chi connectivity index (χ4v) is 10.3. The van der Waals surface area contributed by atoms with Crippen molar-refractivity contribution in [2.45, 2.75) is 42.2 Å². The van der Waals surface area contributed by atoms with Gasteiger partial charge in [-0.05, 0) is 64.7 Å². The standard InChI is InChI=1S/C26H38N2O6S4/c1-27(2)13-11-15-21(35-9)17(31-5)19(33-7)25-23(15)37(29)24-16(12-14-28(3)4)22(36-10)18(32-6)20(34-8)26(24)38(25)30/h11-14H2,1-10H3. The third-order valence-corrected chi connectivity index (χ3v) is 11.4. The second-order valence-electron chi connectivity index (χ2n) is 9.12. The van der Waals surface area contributed by atoms with Crippen molar-refractivity contribution in [3.63, 3.8) is 0 Å². The van der Waals surface area contributed by atoms with Crippen LogP contribution in [0.2, 0.25) is 0 Å². The van der Waals surface area contributed by atoms with Crippen LogP contribution in [0, 0.1) is 0 Å². The highest BCUT2D eigenvalue weighted by Gasteiger charge is 2.42. The Morgan fingerprint density at radius 2 is 0.895 bits per heavy atom. The van der Waals surface area contributed by atoms with E-state index in [0.717, 1.165) is 34.0 Å². The maximum Gasteiger partial charge on any atom is 0.179 e. The molecule has 0 unspecified atom stereocenters. The molecule has 8 nitrogen and oxygen atoms in total. The van der Waals surface area contributed by atoms with Crippen LogP contribution in [0.4, 0.5) is 0 Å². The van der Waals surface area contributed by atoms with Crippen LogP contribution in [-0.4, -0.2) is 100 Å². The van der Waals surface area contributed by atoms with Gasteiger partial charge in [-0.1, -0.05) is 0 Å². The van der Waals surface area contributed by atoms with Crippen LogP contribution < -0.4 is 18.9 Å². The number of rotatable bonds is 12. The van der Waals surface area contributed by atoms with Gasteiger partial charge in [0, 0.05) is 13.1 Å². The number of hydrogen-bond acceptors (Lipinski definition) is 10. The van der Waals surface area contributed by atoms with Gasteiger partial charge in [0.2, 0.25) is 0 Å². The van der Waals surface area contributed by atoms with Crippen LogP contribution >= 0.6 is 23.5 Å². The van der Waals surface area contributed by atoms with E-state index in [2.05, 4.69) is 9.80 Å². The van der Waals surface area contributed by atoms with Crippen LogP contribution in [0.25, 0.3) is 0 Å². The lowest BCUT2D eigenvalue weighted by Gasteiger charge is -2.31. The summed E-state index contributed by atoms with van der Waals surface area (Å²) < 4.78 is 52.7. The molecule has 0 N–H and O–H groups in total. The number of benzene rings is 2. The van der Waals surface area contributed by atoms with Gasteiger partial charge in [0.05, 0.1) is 69.6 Å². The molecule has 0 fully saturated rings. The van der Waals surface area contributed by atoms with Crippen LogP contribution in [0.15, 0.2) is 29.4 Å². The Hall–Kier alpha value is -1.44. The van der Waals surface area contributed by atoms with Gasteiger partial charge in [-0.25, -0.2) is 8.42 Å². The fourth-order valence-electron chi connectivity index (χ4n) is 4.60. The Kier molecular flexibility index (Phi) is 10.9. The van der Waals surface area contributed by atoms with Crippen LogP contribution in [0.3, 0.4) is 0 Å². The van der Waals surface area contributed by atoms with E-state index in [1.807, 2.05) is 40.7 Å². The van der Waals surface area contributed by atoms with Crippen molar-refractivity contribution in [2.75, 3.05) is 82.2 Å². The number of likely N-dealkylation sites (N-methyl/N-ethyl adjacent to an activating group) is 2. The fraction of sp³-hybridized carbons (Fsp3) is 0.538. The minimum Gasteiger partial charge on any atom is -0.492 e. The first kappa shape index (κ1) is 31.1. The first-order chi connectivity index (χ1) is 18.1. The molecule has 0 radical (unpaired) electrons. The van der Waals surface area contributed by atoms with Crippen molar-refractivity contribution >= 4 is 45.1 Å². The van der Waals surface area contributed by atoms with Gasteiger partial charge in [0.1, 0.15) is 9.79 Å². The maximum atomic E-state index is 14.8. The van der Waals surface area contributed by atoms with Gasteiger partial charge in [-0.3, -0.25) is 0 Å². The number of fused-ring (bicyclic) bond motifs is 2. The first-order valence-corrected chi connectivity index (χ1v) is 16.7. The molecule has 38 heavy (non-hydrogen) atoms. The molecule has 0 spiro atoms. The van der Waals surface area contributed by atoms with E-state index >= 15 is 0 Å². The molecular formula is C26H38N2O6S4. The molecule has 1 heterocycles. The highest BCUT2D eigenvalue weighted by Crippen LogP contribution is 2.56. The van der Waals surface area contributed by atoms with E-state index in [-0.39, 0.29) is 0 Å². The summed E-state index contributed by atoms with van der Waals surface area (Å²) in [5.74, 6) is 1.67. The molecule has 0 saturated carbocycles. The summed E-state index contributed by atoms with van der Waals surface area (Å²) in [7, 11) is 10.7. The number of ether oxygens (including phenoxy) is 4. The zero-order chi connectivity index (χ0) is 28.3. The van der Waals surface area contributed by atoms with E-state index in [9.17, 15) is 8.42 Å². The van der Waals surface area contributed by atoms with Crippen LogP contribution in [0.1, 0.15) is 11.1 Å². The van der Waals surface area contributed by atoms with Crippen molar-refractivity contribution in [3.8, 4) is 23.0 Å². The van der Waals surface area contributed by atoms with E-state index in [1.165, 1.54) is 37.7 Å². The van der Waals surface area contributed by atoms with E-state index in [0.29, 0.717) is 55.4 Å². The van der Waals surface area contributed by atoms with Gasteiger partial charge in [0.15, 0.2) is 23.0 Å². The SMILES string of the molecule is COc1c(OC)c2c(c(CCN(C)C)c1SC)S(=O)c1c(CCN(C)C)c(SC)c(OC)c(OC)c1S2=O. The minimum atomic E-state index is -1.78. The molecule has 1 aliphatic rings. The van der Waals surface area contributed by atoms with Crippen molar-refractivity contribution in [2.24, 2.45) is 0 Å². The predicted octanol–water partition coefficient (Wildman–Crippen LogP) is 4.02. The average molecular weight is 603 g/mol. The Morgan fingerprint density at radius 3 is 1.16 bits per heavy atom. The van der Waals surface area contributed by atoms with E-state index in [1.54, 1.807) is 14.2 Å². The molecule has 0 bridgehead atoms. The van der Waals surface area contributed by atoms with Gasteiger partial charge >= 0.3 is 0 Å². The molecule has 0 aliphatic carbocycles. The second kappa shape index (κ2) is 13.3. The van der Waals surface area contributed by atoms with Gasteiger partial charge in [-0.15, -0.1) is 23.5 Å². The largest absolute Gasteiger partial charge is 0.492 e. The van der Waals surface area contributed by atoms with Gasteiger partial charge in [0.25, 0.3) is 0 Å². The molecule has 0 amide bonds. The molecular weight excluding hydrogens is 565 g/mol. The summed E-state index contributed by atoms with van der Waals surface area (Å²) in [6.07, 6.45) is 5.14. The quantitative estimate of drug-likeness (QED) is 0.284. The van der Waals surface area contributed by atoms with Gasteiger partial charge in [-0.2, -0.15) is 0 Å². The summed E-state index contributed by atoms with van der Waals surface area (Å²) in [6.45, 7) is 1.45. The molecule has 0 aromatic heterocycles. The van der Waals surface area contributed by atoms with Gasteiger partial charge < -0.3 is 28.7 Å². The van der Waals surface area contributed by atoms with Crippen LogP contribution in [0.5, 0.6) is 23.0 Å². The normalized spacial score (nSPS) is 16.4. The number of hydrogen-bond donors (Lipinski definition) is 0. The second-order valence-corrected chi connectivity index (χ2v) is 13.5. The molecule has 1 aliphatic heterocycles. The summed E-state index contributed by atoms with van der Waals surface area (Å²) in [5.41, 5.74) is 1.74. The lowest BCUT2D eigenvalue weighted by molar-refractivity contribution is 0.332. The Bertz CT molecular complexity index is 1160. The summed E-state index contributed by atoms with van der Waals surface area (Å²) in [4.78, 5) is 7.68. The lowest BCUT2D eigenvalue weighted by Crippen LogP contribution is -2.23. The molecule has 0 atom stereocenters. The third-order valence-electron chi connectivity index (χ3n) is 6.33. The number of thioether (sulfide) groups is 2. The van der Waals surface area contributed by atoms with Crippen LogP contribution in [-0.2, 0) is 34.4 Å². The van der Waals surface area contributed by atoms with Crippen molar-refractivity contribution < 1.29 is 27.4 Å². The minimum absolute atomic E-state index is 0.336. The third kappa shape index (κ3) is 5.44. The Balaban J connectivity index is 2.54. The monoisotopic (exact) mass is 602 g/mol. The highest BCUT2D eigenvalue weighted by atomic mass is 32.2. The van der Waals surface area contributed by atoms with Crippen molar-refractivity contribution in [1.29, 1.82) is 0 Å². The molecule has 3 rings (SSSR count). The predicted molar refractivity (Wildman–Crippen MR) is 157 cm³/mol. The highest BCUT2D eigenvalue weighted by molar-refractivity contribution is 7.99. The van der Waals surface area contributed by atoms with Crippen molar-refractivity contribution in [1.82, 2.24) is 9.80 Å². The van der Waals surface area contributed by atoms with E-state index in [4.69, 9.17) is 18.9 Å².